The minimum atomic E-state index is 0. The van der Waals surface area contributed by atoms with Gasteiger partial charge in [-0.1, -0.05) is 10.8 Å². The Bertz CT molecular complexity index is 58.1. The first-order chi connectivity index (χ1) is 2.64. The van der Waals surface area contributed by atoms with Gasteiger partial charge in [0, 0.05) is 10.2 Å². The summed E-state index contributed by atoms with van der Waals surface area (Å²) in [5.41, 5.74) is 1.49. The van der Waals surface area contributed by atoms with E-state index in [1.807, 2.05) is 0 Å². The van der Waals surface area contributed by atoms with E-state index in [4.69, 9.17) is 0 Å². The van der Waals surface area contributed by atoms with Crippen molar-refractivity contribution in [2.75, 3.05) is 0 Å². The van der Waals surface area contributed by atoms with Gasteiger partial charge < -0.3 is 0 Å². The molecule has 0 fully saturated rings. The summed E-state index contributed by atoms with van der Waals surface area (Å²) in [6.07, 6.45) is 0. The molecule has 46 valence electrons. The summed E-state index contributed by atoms with van der Waals surface area (Å²) in [6.45, 7) is 6.49. The molecule has 0 aliphatic rings. The molecule has 0 heterocycles. The molecule has 0 saturated carbocycles. The molecule has 2 heteroatoms. The summed E-state index contributed by atoms with van der Waals surface area (Å²) in [5, 5.41) is 1.56. The van der Waals surface area contributed by atoms with E-state index < -0.39 is 0 Å². The van der Waals surface area contributed by atoms with Crippen LogP contribution in [0.4, 0.5) is 0 Å². The molecule has 0 radical (unpaired) electrons. The standard InChI is InChI=1S/C5H12Si.Cu/c1-4(2)5(3)6;/h1-3,6H3;/q;+1. The molecule has 0 aliphatic heterocycles. The van der Waals surface area contributed by atoms with Crippen LogP contribution in [0.5, 0.6) is 0 Å². The van der Waals surface area contributed by atoms with E-state index in [9.17, 15) is 0 Å². The molecule has 0 N–H and O–H groups in total. The van der Waals surface area contributed by atoms with Crippen molar-refractivity contribution in [1.82, 2.24) is 0 Å². The van der Waals surface area contributed by atoms with Crippen LogP contribution in [0.2, 0.25) is 0 Å². The van der Waals surface area contributed by atoms with Gasteiger partial charge in [-0.05, 0) is 20.8 Å². The molecular weight excluding hydrogens is 152 g/mol. The average Bonchev–Trinajstić information content (AvgIpc) is 1.36. The van der Waals surface area contributed by atoms with Crippen LogP contribution in [0, 0.1) is 0 Å². The molecule has 0 nitrogen and oxygen atoms in total. The monoisotopic (exact) mass is 163 g/mol. The molecule has 7 heavy (non-hydrogen) atoms. The molecule has 0 saturated heterocycles. The Balaban J connectivity index is 0. The maximum Gasteiger partial charge on any atom is 1.00 e. The first-order valence-electron chi connectivity index (χ1n) is 2.25. The van der Waals surface area contributed by atoms with Crippen LogP contribution in [0.15, 0.2) is 10.8 Å². The van der Waals surface area contributed by atoms with Gasteiger partial charge in [0.25, 0.3) is 0 Å². The Labute approximate surface area is 59.3 Å². The second-order valence-electron chi connectivity index (χ2n) is 2.00. The first kappa shape index (κ1) is 10.5. The van der Waals surface area contributed by atoms with Crippen molar-refractivity contribution in [3.05, 3.63) is 10.8 Å². The Hall–Kier alpha value is 0.476. The van der Waals surface area contributed by atoms with Crippen LogP contribution in [0.3, 0.4) is 0 Å². The van der Waals surface area contributed by atoms with Crippen LogP contribution >= 0.6 is 0 Å². The predicted octanol–water partition coefficient (Wildman–Crippen LogP) is 0.663. The van der Waals surface area contributed by atoms with E-state index in [1.165, 1.54) is 15.8 Å². The molecule has 0 unspecified atom stereocenters. The molecule has 0 rings (SSSR count). The number of allylic oxidation sites excluding steroid dienone is 2. The Morgan fingerprint density at radius 3 is 1.29 bits per heavy atom. The fourth-order valence-corrected chi connectivity index (χ4v) is 0. The summed E-state index contributed by atoms with van der Waals surface area (Å²) in [6, 6.07) is 0. The molecular formula is C5H12CuSi+. The van der Waals surface area contributed by atoms with Gasteiger partial charge in [-0.3, -0.25) is 0 Å². The van der Waals surface area contributed by atoms with E-state index in [0.717, 1.165) is 0 Å². The molecule has 0 aliphatic carbocycles. The Morgan fingerprint density at radius 2 is 1.29 bits per heavy atom. The average molecular weight is 164 g/mol. The smallest absolute Gasteiger partial charge is 0.0961 e. The van der Waals surface area contributed by atoms with Crippen molar-refractivity contribution in [2.45, 2.75) is 20.8 Å². The minimum Gasteiger partial charge on any atom is -0.0961 e. The largest absolute Gasteiger partial charge is 1.00 e. The summed E-state index contributed by atoms with van der Waals surface area (Å²) in [4.78, 5) is 0. The zero-order valence-corrected chi connectivity index (χ0v) is 8.24. The first-order valence-corrected chi connectivity index (χ1v) is 3.25. The third-order valence-corrected chi connectivity index (χ3v) is 2.00. The molecule has 0 aromatic heterocycles. The second-order valence-corrected chi connectivity index (χ2v) is 3.50. The van der Waals surface area contributed by atoms with Crippen molar-refractivity contribution in [1.29, 1.82) is 0 Å². The van der Waals surface area contributed by atoms with E-state index in [2.05, 4.69) is 20.8 Å². The zero-order chi connectivity index (χ0) is 5.15. The van der Waals surface area contributed by atoms with Gasteiger partial charge in [0.05, 0.1) is 0 Å². The summed E-state index contributed by atoms with van der Waals surface area (Å²) in [5.74, 6) is 0. The fourth-order valence-electron chi connectivity index (χ4n) is 0. The van der Waals surface area contributed by atoms with Gasteiger partial charge >= 0.3 is 17.1 Å². The zero-order valence-electron chi connectivity index (χ0n) is 5.30. The SMILES string of the molecule is CC(C)=C(C)[SiH3].[Cu+]. The Morgan fingerprint density at radius 1 is 1.14 bits per heavy atom. The van der Waals surface area contributed by atoms with Crippen LogP contribution in [-0.2, 0) is 17.1 Å². The van der Waals surface area contributed by atoms with Gasteiger partial charge in [0.1, 0.15) is 0 Å². The number of hydrogen-bond acceptors (Lipinski definition) is 0. The van der Waals surface area contributed by atoms with Gasteiger partial charge in [0.2, 0.25) is 0 Å². The fraction of sp³-hybridized carbons (Fsp3) is 0.600. The third-order valence-electron chi connectivity index (χ3n) is 1.00. The van der Waals surface area contributed by atoms with E-state index in [1.54, 1.807) is 5.20 Å². The molecule has 0 aromatic carbocycles. The molecule has 0 spiro atoms. The second kappa shape index (κ2) is 4.63. The maximum atomic E-state index is 2.18. The van der Waals surface area contributed by atoms with Crippen molar-refractivity contribution in [3.63, 3.8) is 0 Å². The summed E-state index contributed by atoms with van der Waals surface area (Å²) in [7, 11) is 1.23. The normalized spacial score (nSPS) is 7.29. The summed E-state index contributed by atoms with van der Waals surface area (Å²) < 4.78 is 0. The van der Waals surface area contributed by atoms with Gasteiger partial charge in [0.15, 0.2) is 0 Å². The number of hydrogen-bond donors (Lipinski definition) is 0. The Kier molecular flexibility index (Phi) is 6.92. The van der Waals surface area contributed by atoms with Crippen LogP contribution < -0.4 is 0 Å². The van der Waals surface area contributed by atoms with Gasteiger partial charge in [-0.2, -0.15) is 0 Å². The maximum absolute atomic E-state index is 2.18. The van der Waals surface area contributed by atoms with Crippen molar-refractivity contribution in [3.8, 4) is 0 Å². The van der Waals surface area contributed by atoms with Crippen LogP contribution in [0.25, 0.3) is 0 Å². The molecule has 0 amide bonds. The molecule has 0 atom stereocenters. The van der Waals surface area contributed by atoms with Crippen LogP contribution in [-0.4, -0.2) is 10.2 Å². The third kappa shape index (κ3) is 6.48. The number of rotatable bonds is 0. The van der Waals surface area contributed by atoms with E-state index in [0.29, 0.717) is 0 Å². The quantitative estimate of drug-likeness (QED) is 0.461. The summed E-state index contributed by atoms with van der Waals surface area (Å²) >= 11 is 0. The van der Waals surface area contributed by atoms with Crippen molar-refractivity contribution < 1.29 is 17.1 Å². The minimum absolute atomic E-state index is 0. The topological polar surface area (TPSA) is 0 Å². The molecule has 0 aromatic rings. The van der Waals surface area contributed by atoms with Gasteiger partial charge in [-0.15, -0.1) is 0 Å². The molecule has 0 bridgehead atoms. The van der Waals surface area contributed by atoms with Gasteiger partial charge in [-0.25, -0.2) is 0 Å². The van der Waals surface area contributed by atoms with Crippen molar-refractivity contribution >= 4 is 10.2 Å². The van der Waals surface area contributed by atoms with E-state index in [-0.39, 0.29) is 17.1 Å². The van der Waals surface area contributed by atoms with E-state index >= 15 is 0 Å². The van der Waals surface area contributed by atoms with Crippen LogP contribution in [0.1, 0.15) is 20.8 Å². The van der Waals surface area contributed by atoms with Crippen molar-refractivity contribution in [2.24, 2.45) is 0 Å². The predicted molar refractivity (Wildman–Crippen MR) is 34.0 cm³/mol.